The van der Waals surface area contributed by atoms with Crippen molar-refractivity contribution >= 4 is 11.9 Å². The summed E-state index contributed by atoms with van der Waals surface area (Å²) in [5, 5.41) is 12.1. The quantitative estimate of drug-likeness (QED) is 0.878. The number of carbonyl (C=O) groups is 2. The molecule has 0 radical (unpaired) electrons. The summed E-state index contributed by atoms with van der Waals surface area (Å²) in [6, 6.07) is 16.1. The van der Waals surface area contributed by atoms with Crippen molar-refractivity contribution in [2.24, 2.45) is 5.92 Å². The molecule has 1 fully saturated rings. The zero-order valence-corrected chi connectivity index (χ0v) is 13.9. The maximum Gasteiger partial charge on any atom is 0.326 e. The molecule has 2 unspecified atom stereocenters. The second-order valence-electron chi connectivity index (χ2n) is 6.21. The van der Waals surface area contributed by atoms with Gasteiger partial charge in [0, 0.05) is 18.1 Å². The van der Waals surface area contributed by atoms with Gasteiger partial charge in [-0.25, -0.2) is 4.79 Å². The number of aliphatic carboxylic acids is 1. The Kier molecular flexibility index (Phi) is 5.46. The van der Waals surface area contributed by atoms with E-state index in [1.165, 1.54) is 0 Å². The summed E-state index contributed by atoms with van der Waals surface area (Å²) in [6.07, 6.45) is 1.56. The van der Waals surface area contributed by atoms with Crippen LogP contribution < -0.4 is 5.32 Å². The van der Waals surface area contributed by atoms with E-state index in [0.29, 0.717) is 18.8 Å². The molecule has 5 heteroatoms. The molecule has 1 aliphatic rings. The molecular formula is C20H21NO4. The van der Waals surface area contributed by atoms with Crippen LogP contribution in [-0.4, -0.2) is 36.2 Å². The van der Waals surface area contributed by atoms with Crippen LogP contribution in [0.15, 0.2) is 54.6 Å². The molecule has 25 heavy (non-hydrogen) atoms. The second kappa shape index (κ2) is 7.94. The van der Waals surface area contributed by atoms with Crippen molar-refractivity contribution in [3.8, 4) is 11.1 Å². The van der Waals surface area contributed by atoms with E-state index in [1.54, 1.807) is 12.1 Å². The van der Waals surface area contributed by atoms with Crippen molar-refractivity contribution in [1.29, 1.82) is 0 Å². The van der Waals surface area contributed by atoms with E-state index in [2.05, 4.69) is 5.32 Å². The molecule has 0 bridgehead atoms. The smallest absolute Gasteiger partial charge is 0.326 e. The minimum atomic E-state index is -1.02. The number of carboxylic acid groups (broad SMARTS) is 1. The van der Waals surface area contributed by atoms with Gasteiger partial charge < -0.3 is 15.2 Å². The number of ether oxygens (including phenoxy) is 1. The molecule has 2 aromatic rings. The van der Waals surface area contributed by atoms with E-state index in [9.17, 15) is 14.7 Å². The van der Waals surface area contributed by atoms with Gasteiger partial charge in [0.2, 0.25) is 0 Å². The Hall–Kier alpha value is -2.66. The molecule has 0 aromatic heterocycles. The van der Waals surface area contributed by atoms with E-state index in [4.69, 9.17) is 4.74 Å². The fourth-order valence-electron chi connectivity index (χ4n) is 3.08. The second-order valence-corrected chi connectivity index (χ2v) is 6.21. The van der Waals surface area contributed by atoms with E-state index in [0.717, 1.165) is 24.0 Å². The SMILES string of the molecule is O=C(NC(C(=O)O)C1CCCOC1)c1ccc(-c2ccccc2)cc1. The topological polar surface area (TPSA) is 75.6 Å². The van der Waals surface area contributed by atoms with Gasteiger partial charge in [-0.3, -0.25) is 4.79 Å². The van der Waals surface area contributed by atoms with E-state index in [-0.39, 0.29) is 11.8 Å². The molecule has 3 rings (SSSR count). The van der Waals surface area contributed by atoms with Crippen LogP contribution in [0.25, 0.3) is 11.1 Å². The minimum Gasteiger partial charge on any atom is -0.480 e. The summed E-state index contributed by atoms with van der Waals surface area (Å²) in [7, 11) is 0. The highest BCUT2D eigenvalue weighted by Gasteiger charge is 2.31. The predicted octanol–water partition coefficient (Wildman–Crippen LogP) is 2.96. The zero-order valence-electron chi connectivity index (χ0n) is 13.9. The Morgan fingerprint density at radius 1 is 1.04 bits per heavy atom. The molecular weight excluding hydrogens is 318 g/mol. The van der Waals surface area contributed by atoms with Crippen LogP contribution in [0.1, 0.15) is 23.2 Å². The number of carboxylic acids is 1. The Bertz CT molecular complexity index is 721. The molecule has 5 nitrogen and oxygen atoms in total. The van der Waals surface area contributed by atoms with Gasteiger partial charge in [-0.2, -0.15) is 0 Å². The number of amides is 1. The average Bonchev–Trinajstić information content (AvgIpc) is 2.67. The molecule has 1 aliphatic heterocycles. The van der Waals surface area contributed by atoms with Crippen molar-refractivity contribution in [2.45, 2.75) is 18.9 Å². The summed E-state index contributed by atoms with van der Waals surface area (Å²) >= 11 is 0. The lowest BCUT2D eigenvalue weighted by molar-refractivity contribution is -0.142. The minimum absolute atomic E-state index is 0.196. The van der Waals surface area contributed by atoms with E-state index < -0.39 is 12.0 Å². The zero-order chi connectivity index (χ0) is 17.6. The highest BCUT2D eigenvalue weighted by atomic mass is 16.5. The first-order chi connectivity index (χ1) is 12.1. The molecule has 2 atom stereocenters. The number of hydrogen-bond donors (Lipinski definition) is 2. The third-order valence-electron chi connectivity index (χ3n) is 4.47. The lowest BCUT2D eigenvalue weighted by Gasteiger charge is -2.28. The Morgan fingerprint density at radius 3 is 2.32 bits per heavy atom. The van der Waals surface area contributed by atoms with E-state index in [1.807, 2.05) is 42.5 Å². The molecule has 1 amide bonds. The van der Waals surface area contributed by atoms with Crippen molar-refractivity contribution < 1.29 is 19.4 Å². The monoisotopic (exact) mass is 339 g/mol. The first-order valence-electron chi connectivity index (χ1n) is 8.42. The van der Waals surface area contributed by atoms with Crippen LogP contribution in [0, 0.1) is 5.92 Å². The fourth-order valence-corrected chi connectivity index (χ4v) is 3.08. The number of benzene rings is 2. The Morgan fingerprint density at radius 2 is 1.72 bits per heavy atom. The summed E-state index contributed by atoms with van der Waals surface area (Å²) in [6.45, 7) is 1.02. The summed E-state index contributed by atoms with van der Waals surface area (Å²) in [5.41, 5.74) is 2.52. The molecule has 0 spiro atoms. The van der Waals surface area contributed by atoms with Crippen LogP contribution in [0.3, 0.4) is 0 Å². The fraction of sp³-hybridized carbons (Fsp3) is 0.300. The van der Waals surface area contributed by atoms with Gasteiger partial charge in [-0.05, 0) is 36.1 Å². The number of carbonyl (C=O) groups excluding carboxylic acids is 1. The number of nitrogens with one attached hydrogen (secondary N) is 1. The molecule has 2 aromatic carbocycles. The molecule has 1 heterocycles. The van der Waals surface area contributed by atoms with Crippen molar-refractivity contribution in [1.82, 2.24) is 5.32 Å². The van der Waals surface area contributed by atoms with Gasteiger partial charge in [-0.15, -0.1) is 0 Å². The Labute approximate surface area is 146 Å². The summed E-state index contributed by atoms with van der Waals surface area (Å²) in [4.78, 5) is 24.0. The molecule has 130 valence electrons. The lowest BCUT2D eigenvalue weighted by atomic mass is 9.93. The van der Waals surface area contributed by atoms with E-state index >= 15 is 0 Å². The molecule has 0 aliphatic carbocycles. The van der Waals surface area contributed by atoms with Gasteiger partial charge in [0.25, 0.3) is 5.91 Å². The van der Waals surface area contributed by atoms with Gasteiger partial charge in [0.05, 0.1) is 6.61 Å². The van der Waals surface area contributed by atoms with Crippen LogP contribution in [0.5, 0.6) is 0 Å². The Balaban J connectivity index is 1.70. The van der Waals surface area contributed by atoms with Gasteiger partial charge >= 0.3 is 5.97 Å². The van der Waals surface area contributed by atoms with Crippen molar-refractivity contribution in [3.63, 3.8) is 0 Å². The van der Waals surface area contributed by atoms with Gasteiger partial charge in [-0.1, -0.05) is 42.5 Å². The average molecular weight is 339 g/mol. The van der Waals surface area contributed by atoms with Crippen LogP contribution in [0.4, 0.5) is 0 Å². The number of rotatable bonds is 5. The number of hydrogen-bond acceptors (Lipinski definition) is 3. The summed E-state index contributed by atoms with van der Waals surface area (Å²) < 4.78 is 5.35. The maximum atomic E-state index is 12.4. The van der Waals surface area contributed by atoms with Crippen molar-refractivity contribution in [3.05, 3.63) is 60.2 Å². The van der Waals surface area contributed by atoms with Gasteiger partial charge in [0.1, 0.15) is 6.04 Å². The maximum absolute atomic E-state index is 12.4. The highest BCUT2D eigenvalue weighted by Crippen LogP contribution is 2.21. The first kappa shape index (κ1) is 17.2. The van der Waals surface area contributed by atoms with Gasteiger partial charge in [0.15, 0.2) is 0 Å². The van der Waals surface area contributed by atoms with Crippen LogP contribution in [0.2, 0.25) is 0 Å². The molecule has 1 saturated heterocycles. The third-order valence-corrected chi connectivity index (χ3v) is 4.47. The van der Waals surface area contributed by atoms with Crippen molar-refractivity contribution in [2.75, 3.05) is 13.2 Å². The van der Waals surface area contributed by atoms with Crippen LogP contribution in [-0.2, 0) is 9.53 Å². The summed E-state index contributed by atoms with van der Waals surface area (Å²) in [5.74, 6) is -1.60. The standard InChI is InChI=1S/C20H21NO4/c22-19(21-18(20(23)24)17-7-4-12-25-13-17)16-10-8-15(9-11-16)14-5-2-1-3-6-14/h1-3,5-6,8-11,17-18H,4,7,12-13H2,(H,21,22)(H,23,24). The van der Waals surface area contributed by atoms with Crippen LogP contribution >= 0.6 is 0 Å². The normalized spacial score (nSPS) is 18.3. The highest BCUT2D eigenvalue weighted by molar-refractivity contribution is 5.97. The molecule has 2 N–H and O–H groups in total. The lowest BCUT2D eigenvalue weighted by Crippen LogP contribution is -2.48. The first-order valence-corrected chi connectivity index (χ1v) is 8.42. The largest absolute Gasteiger partial charge is 0.480 e. The molecule has 0 saturated carbocycles. The third kappa shape index (κ3) is 4.25. The predicted molar refractivity (Wildman–Crippen MR) is 94.3 cm³/mol.